The Bertz CT molecular complexity index is 1210. The van der Waals surface area contributed by atoms with Crippen LogP contribution in [0.5, 0.6) is 0 Å². The molecule has 3 aliphatic heterocycles. The molecule has 2 amide bonds. The summed E-state index contributed by atoms with van der Waals surface area (Å²) in [5.74, 6) is -4.17. The van der Waals surface area contributed by atoms with Crippen molar-refractivity contribution in [1.82, 2.24) is 4.90 Å². The lowest BCUT2D eigenvalue weighted by Gasteiger charge is -2.39. The van der Waals surface area contributed by atoms with Gasteiger partial charge in [-0.2, -0.15) is 0 Å². The summed E-state index contributed by atoms with van der Waals surface area (Å²) in [6, 6.07) is 13.8. The van der Waals surface area contributed by atoms with E-state index in [0.29, 0.717) is 29.1 Å². The Morgan fingerprint density at radius 2 is 1.92 bits per heavy atom. The minimum Gasteiger partial charge on any atom is -0.481 e. The van der Waals surface area contributed by atoms with E-state index >= 15 is 0 Å². The molecule has 8 nitrogen and oxygen atoms in total. The summed E-state index contributed by atoms with van der Waals surface area (Å²) >= 11 is 6.45. The number of para-hydroxylation sites is 1. The molecule has 9 heteroatoms. The van der Waals surface area contributed by atoms with Gasteiger partial charge in [0.05, 0.1) is 41.3 Å². The number of hydrogen-bond donors (Lipinski definition) is 2. The molecule has 3 aliphatic rings. The minimum atomic E-state index is -1.31. The van der Waals surface area contributed by atoms with Crippen molar-refractivity contribution in [3.05, 3.63) is 77.8 Å². The van der Waals surface area contributed by atoms with Crippen LogP contribution in [0.3, 0.4) is 0 Å². The number of carboxylic acids is 1. The highest BCUT2D eigenvalue weighted by atomic mass is 35.5. The van der Waals surface area contributed by atoms with E-state index in [-0.39, 0.29) is 6.54 Å². The largest absolute Gasteiger partial charge is 0.481 e. The highest BCUT2D eigenvalue weighted by Gasteiger charge is 2.75. The summed E-state index contributed by atoms with van der Waals surface area (Å²) in [5, 5.41) is 20.8. The molecular formula is C27H27ClN2O6. The summed E-state index contributed by atoms with van der Waals surface area (Å²) in [6.45, 7) is 3.44. The van der Waals surface area contributed by atoms with Gasteiger partial charge in [0.1, 0.15) is 11.6 Å². The number of anilines is 1. The SMILES string of the molecule is C=CCN(C(=O)C1N([C@H](CO)c2ccccc2)C(=O)[C@@H]2[C@@H](C(=O)O)[C@H]3CCC12O3)c1ccccc1Cl. The van der Waals surface area contributed by atoms with Crippen molar-refractivity contribution in [2.75, 3.05) is 18.1 Å². The van der Waals surface area contributed by atoms with Crippen LogP contribution in [0.1, 0.15) is 24.4 Å². The molecule has 3 fully saturated rings. The standard InChI is InChI=1S/C27H27ClN2O6/c1-2-14-29(18-11-7-6-10-17(18)28)25(33)23-27-13-12-20(36-27)21(26(34)35)22(27)24(32)30(23)19(15-31)16-8-4-3-5-9-16/h2-11,19-23,31H,1,12-15H2,(H,34,35)/t19-,20-,21+,22+,23?,27?/m1/s1. The van der Waals surface area contributed by atoms with Crippen LogP contribution in [0.4, 0.5) is 5.69 Å². The van der Waals surface area contributed by atoms with Gasteiger partial charge in [-0.1, -0.05) is 60.1 Å². The van der Waals surface area contributed by atoms with Gasteiger partial charge in [0.2, 0.25) is 5.91 Å². The predicted octanol–water partition coefficient (Wildman–Crippen LogP) is 3.05. The molecule has 2 N–H and O–H groups in total. The summed E-state index contributed by atoms with van der Waals surface area (Å²) in [6.07, 6.45) is 1.71. The van der Waals surface area contributed by atoms with E-state index in [1.165, 1.54) is 9.80 Å². The Morgan fingerprint density at radius 3 is 2.56 bits per heavy atom. The number of ether oxygens (including phenoxy) is 1. The number of hydrogen-bond acceptors (Lipinski definition) is 5. The number of halogens is 1. The molecule has 0 radical (unpaired) electrons. The number of carbonyl (C=O) groups excluding carboxylic acids is 2. The number of rotatable bonds is 8. The molecule has 188 valence electrons. The number of benzene rings is 2. The monoisotopic (exact) mass is 510 g/mol. The van der Waals surface area contributed by atoms with Crippen LogP contribution in [0.15, 0.2) is 67.3 Å². The van der Waals surface area contributed by atoms with Crippen LogP contribution in [-0.4, -0.2) is 63.8 Å². The van der Waals surface area contributed by atoms with Crippen LogP contribution in [0.2, 0.25) is 5.02 Å². The Balaban J connectivity index is 1.67. The number of aliphatic hydroxyl groups excluding tert-OH is 1. The van der Waals surface area contributed by atoms with Crippen LogP contribution in [-0.2, 0) is 19.1 Å². The average Bonchev–Trinajstić information content (AvgIpc) is 3.52. The van der Waals surface area contributed by atoms with Gasteiger partial charge in [0, 0.05) is 6.54 Å². The van der Waals surface area contributed by atoms with Crippen LogP contribution in [0, 0.1) is 11.8 Å². The fourth-order valence-electron chi connectivity index (χ4n) is 6.27. The Kier molecular flexibility index (Phi) is 6.36. The van der Waals surface area contributed by atoms with Gasteiger partial charge in [-0.3, -0.25) is 14.4 Å². The Morgan fingerprint density at radius 1 is 1.22 bits per heavy atom. The van der Waals surface area contributed by atoms with E-state index in [2.05, 4.69) is 6.58 Å². The molecule has 2 unspecified atom stereocenters. The summed E-state index contributed by atoms with van der Waals surface area (Å²) in [5.41, 5.74) is -0.235. The maximum absolute atomic E-state index is 14.4. The predicted molar refractivity (Wildman–Crippen MR) is 132 cm³/mol. The number of fused-ring (bicyclic) bond motifs is 1. The lowest BCUT2D eigenvalue weighted by atomic mass is 9.70. The summed E-state index contributed by atoms with van der Waals surface area (Å²) < 4.78 is 6.29. The minimum absolute atomic E-state index is 0.114. The third kappa shape index (κ3) is 3.55. The zero-order valence-corrected chi connectivity index (χ0v) is 20.3. The molecule has 36 heavy (non-hydrogen) atoms. The normalized spacial score (nSPS) is 29.2. The van der Waals surface area contributed by atoms with Gasteiger partial charge < -0.3 is 24.7 Å². The van der Waals surface area contributed by atoms with Gasteiger partial charge in [0.25, 0.3) is 5.91 Å². The zero-order valence-electron chi connectivity index (χ0n) is 19.5. The molecule has 2 aromatic carbocycles. The van der Waals surface area contributed by atoms with Crippen LogP contribution in [0.25, 0.3) is 0 Å². The molecule has 0 aliphatic carbocycles. The first-order chi connectivity index (χ1) is 17.4. The number of nitrogens with zero attached hydrogens (tertiary/aromatic N) is 2. The van der Waals surface area contributed by atoms with E-state index in [1.807, 2.05) is 6.07 Å². The topological polar surface area (TPSA) is 107 Å². The first kappa shape index (κ1) is 24.5. The molecule has 3 saturated heterocycles. The lowest BCUT2D eigenvalue weighted by Crippen LogP contribution is -2.57. The lowest BCUT2D eigenvalue weighted by molar-refractivity contribution is -0.151. The molecular weight excluding hydrogens is 484 g/mol. The molecule has 5 rings (SSSR count). The van der Waals surface area contributed by atoms with Crippen molar-refractivity contribution >= 4 is 35.1 Å². The quantitative estimate of drug-likeness (QED) is 0.529. The van der Waals surface area contributed by atoms with E-state index in [0.717, 1.165) is 0 Å². The van der Waals surface area contributed by atoms with Crippen molar-refractivity contribution in [2.45, 2.75) is 36.6 Å². The second-order valence-corrected chi connectivity index (χ2v) is 9.84. The third-order valence-corrected chi connectivity index (χ3v) is 7.99. The highest BCUT2D eigenvalue weighted by Crippen LogP contribution is 2.60. The van der Waals surface area contributed by atoms with E-state index < -0.39 is 60.0 Å². The van der Waals surface area contributed by atoms with Crippen molar-refractivity contribution in [2.24, 2.45) is 11.8 Å². The number of carbonyl (C=O) groups is 3. The Labute approximate surface area is 213 Å². The van der Waals surface area contributed by atoms with E-state index in [1.54, 1.807) is 54.6 Å². The van der Waals surface area contributed by atoms with Crippen LogP contribution >= 0.6 is 11.6 Å². The van der Waals surface area contributed by atoms with Crippen LogP contribution < -0.4 is 4.90 Å². The van der Waals surface area contributed by atoms with E-state index in [9.17, 15) is 24.6 Å². The number of amides is 2. The average molecular weight is 511 g/mol. The van der Waals surface area contributed by atoms with Gasteiger partial charge >= 0.3 is 5.97 Å². The van der Waals surface area contributed by atoms with Crippen molar-refractivity contribution in [3.8, 4) is 0 Å². The Hall–Kier alpha value is -3.20. The first-order valence-corrected chi connectivity index (χ1v) is 12.3. The number of aliphatic carboxylic acids is 1. The fraction of sp³-hybridized carbons (Fsp3) is 0.370. The molecule has 2 bridgehead atoms. The molecule has 0 aromatic heterocycles. The molecule has 6 atom stereocenters. The molecule has 1 spiro atoms. The third-order valence-electron chi connectivity index (χ3n) is 7.67. The van der Waals surface area contributed by atoms with Gasteiger partial charge in [-0.05, 0) is 30.5 Å². The van der Waals surface area contributed by atoms with Crippen molar-refractivity contribution < 1.29 is 29.3 Å². The fourth-order valence-corrected chi connectivity index (χ4v) is 6.51. The number of aliphatic hydroxyl groups is 1. The second kappa shape index (κ2) is 9.35. The highest BCUT2D eigenvalue weighted by molar-refractivity contribution is 6.34. The number of carboxylic acid groups (broad SMARTS) is 1. The van der Waals surface area contributed by atoms with Gasteiger partial charge in [-0.15, -0.1) is 6.58 Å². The van der Waals surface area contributed by atoms with Gasteiger partial charge in [0.15, 0.2) is 0 Å². The second-order valence-electron chi connectivity index (χ2n) is 9.44. The van der Waals surface area contributed by atoms with Crippen molar-refractivity contribution in [3.63, 3.8) is 0 Å². The van der Waals surface area contributed by atoms with Gasteiger partial charge in [-0.25, -0.2) is 0 Å². The smallest absolute Gasteiger partial charge is 0.310 e. The summed E-state index contributed by atoms with van der Waals surface area (Å²) in [7, 11) is 0. The number of likely N-dealkylation sites (tertiary alicyclic amines) is 1. The maximum atomic E-state index is 14.4. The summed E-state index contributed by atoms with van der Waals surface area (Å²) in [4.78, 5) is 43.5. The molecule has 0 saturated carbocycles. The molecule has 2 aromatic rings. The molecule has 3 heterocycles. The van der Waals surface area contributed by atoms with E-state index in [4.69, 9.17) is 16.3 Å². The first-order valence-electron chi connectivity index (χ1n) is 11.9. The zero-order chi connectivity index (χ0) is 25.6. The maximum Gasteiger partial charge on any atom is 0.310 e. The van der Waals surface area contributed by atoms with Crippen molar-refractivity contribution in [1.29, 1.82) is 0 Å².